The average Bonchev–Trinajstić information content (AvgIpc) is 2.52. The van der Waals surface area contributed by atoms with E-state index < -0.39 is 25.3 Å². The van der Waals surface area contributed by atoms with Crippen LogP contribution in [0, 0.1) is 0 Å². The second-order valence-electron chi connectivity index (χ2n) is 5.54. The Morgan fingerprint density at radius 3 is 2.92 bits per heavy atom. The van der Waals surface area contributed by atoms with Crippen molar-refractivity contribution >= 4 is 11.7 Å². The van der Waals surface area contributed by atoms with Crippen molar-refractivity contribution in [3.63, 3.8) is 0 Å². The Morgan fingerprint density at radius 2 is 2.29 bits per heavy atom. The highest BCUT2D eigenvalue weighted by Gasteiger charge is 2.27. The van der Waals surface area contributed by atoms with Crippen molar-refractivity contribution in [2.45, 2.75) is 25.7 Å². The number of carbonyl (C=O) groups is 1. The second-order valence-corrected chi connectivity index (χ2v) is 5.54. The molecule has 9 heteroatoms. The van der Waals surface area contributed by atoms with E-state index >= 15 is 0 Å². The molecule has 1 fully saturated rings. The zero-order valence-electron chi connectivity index (χ0n) is 13.3. The Morgan fingerprint density at radius 1 is 1.50 bits per heavy atom. The smallest absolute Gasteiger partial charge is 0.375 e. The standard InChI is InChI=1S/C15H20F3N3O3/c1-11-8-21(4-5-24-11)13-3-2-12(6-19-13)7-20-14(22)9-23-10-15(16,17)18/h2-3,6,11H,4-5,7-10H2,1H3,(H,20,22)/t11-/m0/s1. The van der Waals surface area contributed by atoms with E-state index in [9.17, 15) is 18.0 Å². The third-order valence-corrected chi connectivity index (χ3v) is 3.36. The van der Waals surface area contributed by atoms with Gasteiger partial charge in [0.2, 0.25) is 5.91 Å². The molecule has 1 aliphatic rings. The number of nitrogens with zero attached hydrogens (tertiary/aromatic N) is 2. The molecule has 24 heavy (non-hydrogen) atoms. The number of pyridine rings is 1. The minimum absolute atomic E-state index is 0.149. The van der Waals surface area contributed by atoms with Crippen LogP contribution in [0.1, 0.15) is 12.5 Å². The first-order valence-electron chi connectivity index (χ1n) is 7.56. The van der Waals surface area contributed by atoms with E-state index in [1.165, 1.54) is 0 Å². The fraction of sp³-hybridized carbons (Fsp3) is 0.600. The van der Waals surface area contributed by atoms with E-state index in [4.69, 9.17) is 4.74 Å². The summed E-state index contributed by atoms with van der Waals surface area (Å²) in [5.41, 5.74) is 0.754. The lowest BCUT2D eigenvalue weighted by molar-refractivity contribution is -0.175. The van der Waals surface area contributed by atoms with Crippen molar-refractivity contribution < 1.29 is 27.4 Å². The van der Waals surface area contributed by atoms with Gasteiger partial charge < -0.3 is 19.7 Å². The molecule has 1 amide bonds. The van der Waals surface area contributed by atoms with Crippen molar-refractivity contribution in [1.82, 2.24) is 10.3 Å². The molecule has 6 nitrogen and oxygen atoms in total. The molecule has 134 valence electrons. The number of morpholine rings is 1. The molecule has 0 aliphatic carbocycles. The Bertz CT molecular complexity index is 537. The lowest BCUT2D eigenvalue weighted by Crippen LogP contribution is -2.41. The predicted molar refractivity (Wildman–Crippen MR) is 80.6 cm³/mol. The summed E-state index contributed by atoms with van der Waals surface area (Å²) in [6.07, 6.45) is -2.65. The molecule has 2 rings (SSSR count). The van der Waals surface area contributed by atoms with Crippen LogP contribution in [0.5, 0.6) is 0 Å². The van der Waals surface area contributed by atoms with Gasteiger partial charge in [-0.25, -0.2) is 4.98 Å². The number of alkyl halides is 3. The number of rotatable bonds is 6. The van der Waals surface area contributed by atoms with Crippen LogP contribution in [0.2, 0.25) is 0 Å². The molecule has 1 aromatic rings. The summed E-state index contributed by atoms with van der Waals surface area (Å²) in [6, 6.07) is 3.67. The fourth-order valence-corrected chi connectivity index (χ4v) is 2.25. The summed E-state index contributed by atoms with van der Waals surface area (Å²) in [7, 11) is 0. The van der Waals surface area contributed by atoms with Gasteiger partial charge in [-0.2, -0.15) is 13.2 Å². The minimum atomic E-state index is -4.43. The van der Waals surface area contributed by atoms with E-state index in [1.807, 2.05) is 19.1 Å². The lowest BCUT2D eigenvalue weighted by Gasteiger charge is -2.32. The predicted octanol–water partition coefficient (Wildman–Crippen LogP) is 1.50. The molecule has 1 N–H and O–H groups in total. The van der Waals surface area contributed by atoms with Gasteiger partial charge in [0.1, 0.15) is 19.0 Å². The molecule has 1 aliphatic heterocycles. The first kappa shape index (κ1) is 18.5. The normalized spacial score (nSPS) is 18.5. The van der Waals surface area contributed by atoms with E-state index in [-0.39, 0.29) is 12.6 Å². The Hall–Kier alpha value is -1.87. The number of carbonyl (C=O) groups excluding carboxylic acids is 1. The molecule has 0 spiro atoms. The average molecular weight is 347 g/mol. The van der Waals surface area contributed by atoms with Gasteiger partial charge in [0.05, 0.1) is 12.7 Å². The maximum atomic E-state index is 11.9. The number of ether oxygens (including phenoxy) is 2. The highest BCUT2D eigenvalue weighted by molar-refractivity contribution is 5.77. The van der Waals surface area contributed by atoms with Gasteiger partial charge in [-0.1, -0.05) is 6.07 Å². The second kappa shape index (κ2) is 8.29. The zero-order valence-corrected chi connectivity index (χ0v) is 13.3. The number of nitrogens with one attached hydrogen (secondary N) is 1. The summed E-state index contributed by atoms with van der Waals surface area (Å²) in [5.74, 6) is 0.221. The van der Waals surface area contributed by atoms with Crippen molar-refractivity contribution in [1.29, 1.82) is 0 Å². The van der Waals surface area contributed by atoms with Gasteiger partial charge in [0, 0.05) is 25.8 Å². The Balaban J connectivity index is 1.74. The van der Waals surface area contributed by atoms with E-state index in [0.29, 0.717) is 6.61 Å². The molecule has 0 aromatic carbocycles. The Labute approximate surface area is 137 Å². The number of aromatic nitrogens is 1. The minimum Gasteiger partial charge on any atom is -0.375 e. The van der Waals surface area contributed by atoms with Gasteiger partial charge in [0.25, 0.3) is 0 Å². The molecule has 1 saturated heterocycles. The quantitative estimate of drug-likeness (QED) is 0.845. The van der Waals surface area contributed by atoms with Gasteiger partial charge in [0.15, 0.2) is 0 Å². The third kappa shape index (κ3) is 6.32. The fourth-order valence-electron chi connectivity index (χ4n) is 2.25. The first-order chi connectivity index (χ1) is 11.3. The third-order valence-electron chi connectivity index (χ3n) is 3.36. The van der Waals surface area contributed by atoms with Gasteiger partial charge in [-0.3, -0.25) is 4.79 Å². The van der Waals surface area contributed by atoms with Crippen LogP contribution < -0.4 is 10.2 Å². The largest absolute Gasteiger partial charge is 0.411 e. The summed E-state index contributed by atoms with van der Waals surface area (Å²) in [4.78, 5) is 17.9. The first-order valence-corrected chi connectivity index (χ1v) is 7.56. The molecular weight excluding hydrogens is 327 g/mol. The topological polar surface area (TPSA) is 63.7 Å². The number of hydrogen-bond acceptors (Lipinski definition) is 5. The van der Waals surface area contributed by atoms with Crippen LogP contribution >= 0.6 is 0 Å². The van der Waals surface area contributed by atoms with Crippen LogP contribution in [0.25, 0.3) is 0 Å². The molecule has 1 atom stereocenters. The molecular formula is C15H20F3N3O3. The Kier molecular flexibility index (Phi) is 6.38. The highest BCUT2D eigenvalue weighted by atomic mass is 19.4. The summed E-state index contributed by atoms with van der Waals surface area (Å²) >= 11 is 0. The molecule has 0 radical (unpaired) electrons. The number of hydrogen-bond donors (Lipinski definition) is 1. The van der Waals surface area contributed by atoms with E-state index in [0.717, 1.165) is 24.5 Å². The number of halogens is 3. The van der Waals surface area contributed by atoms with Crippen LogP contribution in [-0.2, 0) is 20.8 Å². The monoisotopic (exact) mass is 347 g/mol. The molecule has 0 unspecified atom stereocenters. The number of anilines is 1. The van der Waals surface area contributed by atoms with Crippen molar-refractivity contribution in [3.8, 4) is 0 Å². The number of amides is 1. The van der Waals surface area contributed by atoms with Gasteiger partial charge >= 0.3 is 6.18 Å². The van der Waals surface area contributed by atoms with Gasteiger partial charge in [-0.15, -0.1) is 0 Å². The zero-order chi connectivity index (χ0) is 17.6. The van der Waals surface area contributed by atoms with Crippen LogP contribution in [0.3, 0.4) is 0 Å². The summed E-state index contributed by atoms with van der Waals surface area (Å²) in [6.45, 7) is 2.30. The maximum Gasteiger partial charge on any atom is 0.411 e. The van der Waals surface area contributed by atoms with Crippen LogP contribution in [-0.4, -0.2) is 56.1 Å². The van der Waals surface area contributed by atoms with Gasteiger partial charge in [-0.05, 0) is 18.6 Å². The van der Waals surface area contributed by atoms with Crippen LogP contribution in [0.15, 0.2) is 18.3 Å². The lowest BCUT2D eigenvalue weighted by atomic mass is 10.2. The van der Waals surface area contributed by atoms with Crippen molar-refractivity contribution in [2.24, 2.45) is 0 Å². The van der Waals surface area contributed by atoms with Crippen molar-refractivity contribution in [3.05, 3.63) is 23.9 Å². The maximum absolute atomic E-state index is 11.9. The highest BCUT2D eigenvalue weighted by Crippen LogP contribution is 2.16. The SMILES string of the molecule is C[C@H]1CN(c2ccc(CNC(=O)COCC(F)(F)F)cn2)CCO1. The summed E-state index contributed by atoms with van der Waals surface area (Å²) in [5, 5.41) is 2.49. The molecule has 1 aromatic heterocycles. The van der Waals surface area contributed by atoms with Crippen molar-refractivity contribution in [2.75, 3.05) is 37.8 Å². The molecule has 0 saturated carbocycles. The van der Waals surface area contributed by atoms with E-state index in [1.54, 1.807) is 6.20 Å². The summed E-state index contributed by atoms with van der Waals surface area (Å²) < 4.78 is 45.4. The van der Waals surface area contributed by atoms with Crippen LogP contribution in [0.4, 0.5) is 19.0 Å². The molecule has 2 heterocycles. The van der Waals surface area contributed by atoms with E-state index in [2.05, 4.69) is 19.9 Å². The molecule has 0 bridgehead atoms.